The normalized spacial score (nSPS) is 14.9. The Balaban J connectivity index is 1.26. The highest BCUT2D eigenvalue weighted by Crippen LogP contribution is 2.29. The van der Waals surface area contributed by atoms with E-state index >= 15 is 0 Å². The Labute approximate surface area is 217 Å². The number of nitrogens with one attached hydrogen (secondary N) is 1. The smallest absolute Gasteiger partial charge is 0.257 e. The van der Waals surface area contributed by atoms with Gasteiger partial charge in [-0.05, 0) is 49.9 Å². The fourth-order valence-corrected chi connectivity index (χ4v) is 4.95. The van der Waals surface area contributed by atoms with Crippen molar-refractivity contribution < 1.29 is 14.0 Å². The van der Waals surface area contributed by atoms with E-state index < -0.39 is 0 Å². The average Bonchev–Trinajstić information content (AvgIpc) is 3.58. The van der Waals surface area contributed by atoms with E-state index in [0.717, 1.165) is 35.6 Å². The number of piperidine rings is 1. The lowest BCUT2D eigenvalue weighted by Crippen LogP contribution is -2.42. The van der Waals surface area contributed by atoms with Crippen LogP contribution in [0.5, 0.6) is 0 Å². The Kier molecular flexibility index (Phi) is 7.21. The Morgan fingerprint density at radius 3 is 2.32 bits per heavy atom. The molecule has 1 saturated heterocycles. The Bertz CT molecular complexity index is 1350. The molecule has 1 atom stereocenters. The number of aromatic nitrogens is 2. The number of amides is 2. The number of benzene rings is 2. The summed E-state index contributed by atoms with van der Waals surface area (Å²) >= 11 is 0. The molecular weight excluding hydrogens is 464 g/mol. The van der Waals surface area contributed by atoms with Crippen molar-refractivity contribution in [2.24, 2.45) is 11.8 Å². The fourth-order valence-electron chi connectivity index (χ4n) is 4.95. The highest BCUT2D eigenvalue weighted by molar-refractivity contribution is 6.00. The summed E-state index contributed by atoms with van der Waals surface area (Å²) < 4.78 is 7.32. The zero-order chi connectivity index (χ0) is 25.8. The van der Waals surface area contributed by atoms with Gasteiger partial charge in [-0.25, -0.2) is 4.68 Å². The second-order valence-electron chi connectivity index (χ2n) is 9.69. The summed E-state index contributed by atoms with van der Waals surface area (Å²) in [5, 5.41) is 7.78. The van der Waals surface area contributed by atoms with Gasteiger partial charge in [-0.3, -0.25) is 9.59 Å². The van der Waals surface area contributed by atoms with Gasteiger partial charge < -0.3 is 14.6 Å². The first-order chi connectivity index (χ1) is 18.0. The molecule has 2 aromatic heterocycles. The minimum Gasteiger partial charge on any atom is -0.465 e. The van der Waals surface area contributed by atoms with E-state index in [-0.39, 0.29) is 23.7 Å². The quantitative estimate of drug-likeness (QED) is 0.379. The zero-order valence-electron chi connectivity index (χ0n) is 21.3. The molecule has 0 radical (unpaired) electrons. The number of aryl methyl sites for hydroxylation is 1. The van der Waals surface area contributed by atoms with E-state index in [9.17, 15) is 9.59 Å². The third-order valence-electron chi connectivity index (χ3n) is 7.19. The van der Waals surface area contributed by atoms with Crippen molar-refractivity contribution >= 4 is 11.8 Å². The molecule has 0 aliphatic carbocycles. The maximum Gasteiger partial charge on any atom is 0.257 e. The Morgan fingerprint density at radius 2 is 1.68 bits per heavy atom. The largest absolute Gasteiger partial charge is 0.465 e. The molecule has 4 aromatic rings. The van der Waals surface area contributed by atoms with Crippen LogP contribution in [-0.4, -0.2) is 39.6 Å². The van der Waals surface area contributed by atoms with Crippen LogP contribution in [0.4, 0.5) is 0 Å². The first kappa shape index (κ1) is 24.6. The molecule has 2 amide bonds. The molecule has 0 bridgehead atoms. The van der Waals surface area contributed by atoms with Gasteiger partial charge in [-0.15, -0.1) is 0 Å². The van der Waals surface area contributed by atoms with E-state index in [2.05, 4.69) is 5.32 Å². The molecule has 37 heavy (non-hydrogen) atoms. The number of hydrogen-bond acceptors (Lipinski definition) is 4. The number of likely N-dealkylation sites (tertiary alicyclic amines) is 1. The van der Waals surface area contributed by atoms with Crippen LogP contribution in [0.1, 0.15) is 41.6 Å². The number of rotatable bonds is 7. The van der Waals surface area contributed by atoms with Crippen LogP contribution in [0.3, 0.4) is 0 Å². The predicted octanol–water partition coefficient (Wildman–Crippen LogP) is 5.25. The lowest BCUT2D eigenvalue weighted by atomic mass is 9.84. The fraction of sp³-hybridized carbons (Fsp3) is 0.300. The SMILES string of the molecule is Cc1ccc(CNC(=O)[C@H](C)C2CCN(C(=O)c3cn(-c4ccccc4)nc3-c3ccccc3)CC2)o1. The first-order valence-corrected chi connectivity index (χ1v) is 12.8. The molecule has 0 spiro atoms. The molecule has 1 fully saturated rings. The second kappa shape index (κ2) is 10.9. The second-order valence-corrected chi connectivity index (χ2v) is 9.69. The molecule has 0 unspecified atom stereocenters. The van der Waals surface area contributed by atoms with Crippen molar-refractivity contribution in [1.29, 1.82) is 0 Å². The first-order valence-electron chi connectivity index (χ1n) is 12.8. The van der Waals surface area contributed by atoms with Gasteiger partial charge in [-0.1, -0.05) is 55.5 Å². The van der Waals surface area contributed by atoms with Crippen molar-refractivity contribution in [2.45, 2.75) is 33.2 Å². The van der Waals surface area contributed by atoms with Crippen LogP contribution in [0, 0.1) is 18.8 Å². The molecule has 1 N–H and O–H groups in total. The van der Waals surface area contributed by atoms with Crippen molar-refractivity contribution in [3.05, 3.63) is 96.1 Å². The van der Waals surface area contributed by atoms with Crippen molar-refractivity contribution in [1.82, 2.24) is 20.0 Å². The molecule has 7 heteroatoms. The van der Waals surface area contributed by atoms with Crippen LogP contribution in [0.25, 0.3) is 16.9 Å². The van der Waals surface area contributed by atoms with E-state index in [1.807, 2.05) is 97.7 Å². The Morgan fingerprint density at radius 1 is 1.00 bits per heavy atom. The van der Waals surface area contributed by atoms with Gasteiger partial charge in [0.25, 0.3) is 5.91 Å². The molecule has 0 saturated carbocycles. The zero-order valence-corrected chi connectivity index (χ0v) is 21.3. The average molecular weight is 497 g/mol. The van der Waals surface area contributed by atoms with Crippen LogP contribution in [0.15, 0.2) is 83.4 Å². The highest BCUT2D eigenvalue weighted by atomic mass is 16.3. The van der Waals surface area contributed by atoms with Gasteiger partial charge in [0.1, 0.15) is 17.2 Å². The van der Waals surface area contributed by atoms with Gasteiger partial charge >= 0.3 is 0 Å². The predicted molar refractivity (Wildman–Crippen MR) is 142 cm³/mol. The van der Waals surface area contributed by atoms with E-state index in [1.54, 1.807) is 4.68 Å². The molecular formula is C30H32N4O3. The lowest BCUT2D eigenvalue weighted by molar-refractivity contribution is -0.126. The minimum absolute atomic E-state index is 0.0225. The van der Waals surface area contributed by atoms with Gasteiger partial charge in [0.2, 0.25) is 5.91 Å². The van der Waals surface area contributed by atoms with Gasteiger partial charge in [0, 0.05) is 30.8 Å². The molecule has 2 aromatic carbocycles. The van der Waals surface area contributed by atoms with Crippen molar-refractivity contribution in [2.75, 3.05) is 13.1 Å². The minimum atomic E-state index is -0.131. The summed E-state index contributed by atoms with van der Waals surface area (Å²) in [5.74, 6) is 1.68. The summed E-state index contributed by atoms with van der Waals surface area (Å²) in [6.07, 6.45) is 3.40. The molecule has 1 aliphatic heterocycles. The van der Waals surface area contributed by atoms with Crippen LogP contribution in [-0.2, 0) is 11.3 Å². The molecule has 190 valence electrons. The van der Waals surface area contributed by atoms with Crippen LogP contribution in [0.2, 0.25) is 0 Å². The summed E-state index contributed by atoms with van der Waals surface area (Å²) in [6.45, 7) is 5.48. The number of carbonyl (C=O) groups is 2. The molecule has 1 aliphatic rings. The van der Waals surface area contributed by atoms with Crippen molar-refractivity contribution in [3.63, 3.8) is 0 Å². The summed E-state index contributed by atoms with van der Waals surface area (Å²) in [7, 11) is 0. The molecule has 3 heterocycles. The third-order valence-corrected chi connectivity index (χ3v) is 7.19. The summed E-state index contributed by atoms with van der Waals surface area (Å²) in [4.78, 5) is 28.3. The maximum absolute atomic E-state index is 13.7. The number of nitrogens with zero attached hydrogens (tertiary/aromatic N) is 3. The maximum atomic E-state index is 13.7. The monoisotopic (exact) mass is 496 g/mol. The van der Waals surface area contributed by atoms with Gasteiger partial charge in [0.15, 0.2) is 0 Å². The van der Waals surface area contributed by atoms with Gasteiger partial charge in [-0.2, -0.15) is 5.10 Å². The standard InChI is InChI=1S/C30H32N4O3/c1-21-13-14-26(37-21)19-31-29(35)22(2)23-15-17-33(18-16-23)30(36)27-20-34(25-11-7-4-8-12-25)32-28(27)24-9-5-3-6-10-24/h3-14,20,22-23H,15-19H2,1-2H3,(H,31,35)/t22-/m1/s1. The lowest BCUT2D eigenvalue weighted by Gasteiger charge is -2.34. The third kappa shape index (κ3) is 5.50. The van der Waals surface area contributed by atoms with Gasteiger partial charge in [0.05, 0.1) is 17.8 Å². The number of hydrogen-bond donors (Lipinski definition) is 1. The number of carbonyl (C=O) groups excluding carboxylic acids is 2. The highest BCUT2D eigenvalue weighted by Gasteiger charge is 2.31. The molecule has 7 nitrogen and oxygen atoms in total. The topological polar surface area (TPSA) is 80.4 Å². The summed E-state index contributed by atoms with van der Waals surface area (Å²) in [5.41, 5.74) is 3.08. The number of para-hydroxylation sites is 1. The Hall–Kier alpha value is -4.13. The van der Waals surface area contributed by atoms with Crippen LogP contribution < -0.4 is 5.32 Å². The summed E-state index contributed by atoms with van der Waals surface area (Å²) in [6, 6.07) is 23.4. The number of furan rings is 1. The molecule has 5 rings (SSSR count). The van der Waals surface area contributed by atoms with Crippen molar-refractivity contribution in [3.8, 4) is 16.9 Å². The van der Waals surface area contributed by atoms with E-state index in [1.165, 1.54) is 0 Å². The van der Waals surface area contributed by atoms with E-state index in [4.69, 9.17) is 9.52 Å². The van der Waals surface area contributed by atoms with E-state index in [0.29, 0.717) is 30.9 Å². The van der Waals surface area contributed by atoms with Crippen LogP contribution >= 0.6 is 0 Å².